The molecule has 0 aliphatic carbocycles. The van der Waals surface area contributed by atoms with Crippen LogP contribution in [0.4, 0.5) is 0 Å². The summed E-state index contributed by atoms with van der Waals surface area (Å²) >= 11 is 3.47. The third kappa shape index (κ3) is 3.92. The van der Waals surface area contributed by atoms with Crippen molar-refractivity contribution in [3.8, 4) is 0 Å². The molecule has 0 aromatic heterocycles. The van der Waals surface area contributed by atoms with Crippen molar-refractivity contribution in [3.05, 3.63) is 69.7 Å². The lowest BCUT2D eigenvalue weighted by molar-refractivity contribution is 0.494. The van der Waals surface area contributed by atoms with Gasteiger partial charge in [-0.1, -0.05) is 57.9 Å². The Morgan fingerprint density at radius 1 is 0.789 bits per heavy atom. The molecule has 0 heterocycles. The Labute approximate surface area is 124 Å². The summed E-state index contributed by atoms with van der Waals surface area (Å²) < 4.78 is 1.12. The molecule has 2 heteroatoms. The highest BCUT2D eigenvalue weighted by molar-refractivity contribution is 9.10. The van der Waals surface area contributed by atoms with E-state index >= 15 is 0 Å². The molecule has 0 spiro atoms. The topological polar surface area (TPSA) is 12.0 Å². The average Bonchev–Trinajstić information content (AvgIpc) is 2.40. The van der Waals surface area contributed by atoms with Gasteiger partial charge in [-0.15, -0.1) is 0 Å². The maximum Gasteiger partial charge on any atom is 0.0297 e. The van der Waals surface area contributed by atoms with E-state index in [4.69, 9.17) is 0 Å². The minimum atomic E-state index is 0.337. The van der Waals surface area contributed by atoms with Gasteiger partial charge in [0.2, 0.25) is 0 Å². The van der Waals surface area contributed by atoms with Gasteiger partial charge >= 0.3 is 0 Å². The minimum Gasteiger partial charge on any atom is -0.304 e. The lowest BCUT2D eigenvalue weighted by Crippen LogP contribution is -2.22. The van der Waals surface area contributed by atoms with E-state index in [1.807, 2.05) is 0 Å². The van der Waals surface area contributed by atoms with Crippen molar-refractivity contribution in [2.24, 2.45) is 0 Å². The van der Waals surface area contributed by atoms with Crippen molar-refractivity contribution in [1.29, 1.82) is 0 Å². The van der Waals surface area contributed by atoms with Crippen LogP contribution in [-0.2, 0) is 0 Å². The maximum absolute atomic E-state index is 3.64. The van der Waals surface area contributed by atoms with Crippen molar-refractivity contribution >= 4 is 15.9 Å². The highest BCUT2D eigenvalue weighted by Crippen LogP contribution is 2.21. The van der Waals surface area contributed by atoms with E-state index in [1.165, 1.54) is 16.7 Å². The van der Waals surface area contributed by atoms with Crippen LogP contribution in [0, 0.1) is 6.92 Å². The molecule has 0 bridgehead atoms. The lowest BCUT2D eigenvalue weighted by Gasteiger charge is -2.21. The summed E-state index contributed by atoms with van der Waals surface area (Å²) in [6.45, 7) is 6.53. The zero-order valence-electron chi connectivity index (χ0n) is 11.7. The minimum absolute atomic E-state index is 0.337. The Bertz CT molecular complexity index is 466. The maximum atomic E-state index is 3.64. The highest BCUT2D eigenvalue weighted by Gasteiger charge is 2.10. The number of aryl methyl sites for hydroxylation is 1. The van der Waals surface area contributed by atoms with Gasteiger partial charge in [-0.2, -0.15) is 0 Å². The molecule has 0 aliphatic heterocycles. The molecule has 0 saturated heterocycles. The normalized spacial score (nSPS) is 14.1. The first-order valence-corrected chi connectivity index (χ1v) is 7.43. The Balaban J connectivity index is 2.03. The highest BCUT2D eigenvalue weighted by atomic mass is 79.9. The van der Waals surface area contributed by atoms with Crippen molar-refractivity contribution in [1.82, 2.24) is 5.32 Å². The SMILES string of the molecule is Cc1ccc([C@@H](C)NC(C)c2ccc(Br)cc2)cc1. The molecule has 0 saturated carbocycles. The van der Waals surface area contributed by atoms with Crippen LogP contribution in [0.5, 0.6) is 0 Å². The van der Waals surface area contributed by atoms with Crippen LogP contribution in [0.25, 0.3) is 0 Å². The van der Waals surface area contributed by atoms with Gasteiger partial charge in [0.15, 0.2) is 0 Å². The zero-order chi connectivity index (χ0) is 13.8. The molecule has 2 atom stereocenters. The predicted molar refractivity (Wildman–Crippen MR) is 85.3 cm³/mol. The lowest BCUT2D eigenvalue weighted by atomic mass is 10.0. The number of benzene rings is 2. The van der Waals surface area contributed by atoms with Crippen LogP contribution in [0.2, 0.25) is 0 Å². The van der Waals surface area contributed by atoms with Gasteiger partial charge in [0.1, 0.15) is 0 Å². The summed E-state index contributed by atoms with van der Waals surface area (Å²) in [6.07, 6.45) is 0. The van der Waals surface area contributed by atoms with Crippen molar-refractivity contribution < 1.29 is 0 Å². The number of halogens is 1. The summed E-state index contributed by atoms with van der Waals surface area (Å²) in [7, 11) is 0. The van der Waals surface area contributed by atoms with Crippen LogP contribution in [0.3, 0.4) is 0 Å². The van der Waals surface area contributed by atoms with E-state index in [-0.39, 0.29) is 0 Å². The van der Waals surface area contributed by atoms with Gasteiger partial charge < -0.3 is 5.32 Å². The summed E-state index contributed by atoms with van der Waals surface area (Å²) in [5, 5.41) is 3.64. The molecule has 0 amide bonds. The summed E-state index contributed by atoms with van der Waals surface area (Å²) in [5.74, 6) is 0. The van der Waals surface area contributed by atoms with E-state index in [0.717, 1.165) is 4.47 Å². The van der Waals surface area contributed by atoms with Crippen molar-refractivity contribution in [2.75, 3.05) is 0 Å². The molecule has 0 fully saturated rings. The molecular formula is C17H20BrN. The quantitative estimate of drug-likeness (QED) is 0.820. The van der Waals surface area contributed by atoms with Gasteiger partial charge in [-0.05, 0) is 44.0 Å². The third-order valence-corrected chi connectivity index (χ3v) is 3.98. The van der Waals surface area contributed by atoms with Gasteiger partial charge in [-0.3, -0.25) is 0 Å². The zero-order valence-corrected chi connectivity index (χ0v) is 13.2. The van der Waals surface area contributed by atoms with E-state index in [9.17, 15) is 0 Å². The van der Waals surface area contributed by atoms with E-state index < -0.39 is 0 Å². The number of hydrogen-bond donors (Lipinski definition) is 1. The van der Waals surface area contributed by atoms with Crippen molar-refractivity contribution in [2.45, 2.75) is 32.9 Å². The van der Waals surface area contributed by atoms with Crippen LogP contribution < -0.4 is 5.32 Å². The number of hydrogen-bond acceptors (Lipinski definition) is 1. The first kappa shape index (κ1) is 14.3. The van der Waals surface area contributed by atoms with Gasteiger partial charge in [-0.25, -0.2) is 0 Å². The second kappa shape index (κ2) is 6.36. The molecule has 1 unspecified atom stereocenters. The van der Waals surface area contributed by atoms with Gasteiger partial charge in [0.25, 0.3) is 0 Å². The molecule has 1 nitrogen and oxygen atoms in total. The van der Waals surface area contributed by atoms with Crippen LogP contribution in [-0.4, -0.2) is 0 Å². The Kier molecular flexibility index (Phi) is 4.78. The Morgan fingerprint density at radius 3 is 1.68 bits per heavy atom. The Hall–Kier alpha value is -1.12. The molecule has 2 aromatic rings. The smallest absolute Gasteiger partial charge is 0.0297 e. The standard InChI is InChI=1S/C17H20BrN/c1-12-4-6-15(7-5-12)13(2)19-14(3)16-8-10-17(18)11-9-16/h4-11,13-14,19H,1-3H3/t13-,14?/m1/s1. The van der Waals surface area contributed by atoms with Crippen LogP contribution in [0.15, 0.2) is 53.0 Å². The molecule has 0 aliphatic rings. The summed E-state index contributed by atoms with van der Waals surface area (Å²) in [6, 6.07) is 17.9. The number of nitrogens with one attached hydrogen (secondary N) is 1. The van der Waals surface area contributed by atoms with E-state index in [1.54, 1.807) is 0 Å². The first-order valence-electron chi connectivity index (χ1n) is 6.64. The summed E-state index contributed by atoms with van der Waals surface area (Å²) in [5.41, 5.74) is 3.94. The third-order valence-electron chi connectivity index (χ3n) is 3.45. The second-order valence-corrected chi connectivity index (χ2v) is 5.99. The predicted octanol–water partition coefficient (Wildman–Crippen LogP) is 5.17. The van der Waals surface area contributed by atoms with E-state index in [0.29, 0.717) is 12.1 Å². The fourth-order valence-electron chi connectivity index (χ4n) is 2.17. The molecule has 19 heavy (non-hydrogen) atoms. The monoisotopic (exact) mass is 317 g/mol. The molecular weight excluding hydrogens is 298 g/mol. The first-order chi connectivity index (χ1) is 9.06. The summed E-state index contributed by atoms with van der Waals surface area (Å²) in [4.78, 5) is 0. The van der Waals surface area contributed by atoms with Crippen LogP contribution >= 0.6 is 15.9 Å². The molecule has 1 N–H and O–H groups in total. The van der Waals surface area contributed by atoms with Gasteiger partial charge in [0, 0.05) is 16.6 Å². The fourth-order valence-corrected chi connectivity index (χ4v) is 2.44. The van der Waals surface area contributed by atoms with E-state index in [2.05, 4.69) is 90.5 Å². The van der Waals surface area contributed by atoms with Gasteiger partial charge in [0.05, 0.1) is 0 Å². The molecule has 2 rings (SSSR count). The van der Waals surface area contributed by atoms with Crippen molar-refractivity contribution in [3.63, 3.8) is 0 Å². The average molecular weight is 318 g/mol. The van der Waals surface area contributed by atoms with Crippen LogP contribution in [0.1, 0.15) is 42.6 Å². The molecule has 100 valence electrons. The second-order valence-electron chi connectivity index (χ2n) is 5.07. The fraction of sp³-hybridized carbons (Fsp3) is 0.294. The molecule has 0 radical (unpaired) electrons. The largest absolute Gasteiger partial charge is 0.304 e. The Morgan fingerprint density at radius 2 is 1.21 bits per heavy atom. The number of rotatable bonds is 4. The molecule has 2 aromatic carbocycles.